The molecule has 0 bridgehead atoms. The summed E-state index contributed by atoms with van der Waals surface area (Å²) in [5.74, 6) is 0. The van der Waals surface area contributed by atoms with Crippen LogP contribution in [0, 0.1) is 6.92 Å². The number of aryl methyl sites for hydroxylation is 1. The highest BCUT2D eigenvalue weighted by Gasteiger charge is 2.04. The summed E-state index contributed by atoms with van der Waals surface area (Å²) in [6.45, 7) is 3.65. The Labute approximate surface area is 116 Å². The standard InChI is InChI=1S/C10H10BrClN2S2/c1-6-14-7(5-15-6)3-13-4-8-2-9(11)10(12)16-8/h2,5,13H,3-4H2,1H3. The molecule has 16 heavy (non-hydrogen) atoms. The van der Waals surface area contributed by atoms with Crippen LogP contribution < -0.4 is 5.32 Å². The van der Waals surface area contributed by atoms with Crippen LogP contribution in [-0.2, 0) is 13.1 Å². The van der Waals surface area contributed by atoms with Crippen molar-refractivity contribution in [3.05, 3.63) is 35.8 Å². The molecule has 0 amide bonds. The number of hydrogen-bond donors (Lipinski definition) is 1. The highest BCUT2D eigenvalue weighted by molar-refractivity contribution is 9.10. The molecule has 0 aliphatic heterocycles. The summed E-state index contributed by atoms with van der Waals surface area (Å²) in [5, 5.41) is 6.54. The van der Waals surface area contributed by atoms with E-state index in [0.717, 1.165) is 32.6 Å². The maximum absolute atomic E-state index is 5.96. The van der Waals surface area contributed by atoms with Gasteiger partial charge >= 0.3 is 0 Å². The van der Waals surface area contributed by atoms with Gasteiger partial charge in [0.2, 0.25) is 0 Å². The summed E-state index contributed by atoms with van der Waals surface area (Å²) in [4.78, 5) is 5.61. The number of aromatic nitrogens is 1. The van der Waals surface area contributed by atoms with E-state index in [0.29, 0.717) is 0 Å². The highest BCUT2D eigenvalue weighted by atomic mass is 79.9. The second-order valence-corrected chi connectivity index (χ2v) is 6.95. The van der Waals surface area contributed by atoms with Crippen molar-refractivity contribution in [2.45, 2.75) is 20.0 Å². The summed E-state index contributed by atoms with van der Waals surface area (Å²) >= 11 is 12.6. The topological polar surface area (TPSA) is 24.9 Å². The molecule has 0 fully saturated rings. The Bertz CT molecular complexity index is 461. The third-order valence-corrected chi connectivity index (χ3v) is 5.27. The van der Waals surface area contributed by atoms with Crippen LogP contribution in [0.1, 0.15) is 15.6 Å². The number of nitrogens with zero attached hydrogens (tertiary/aromatic N) is 1. The van der Waals surface area contributed by atoms with Crippen molar-refractivity contribution in [1.82, 2.24) is 10.3 Å². The van der Waals surface area contributed by atoms with Crippen LogP contribution in [0.2, 0.25) is 4.34 Å². The third kappa shape index (κ3) is 3.28. The van der Waals surface area contributed by atoms with Gasteiger partial charge in [0.05, 0.1) is 10.7 Å². The number of hydrogen-bond acceptors (Lipinski definition) is 4. The Morgan fingerprint density at radius 1 is 1.50 bits per heavy atom. The van der Waals surface area contributed by atoms with Crippen molar-refractivity contribution in [1.29, 1.82) is 0 Å². The van der Waals surface area contributed by atoms with E-state index in [-0.39, 0.29) is 0 Å². The quantitative estimate of drug-likeness (QED) is 0.903. The van der Waals surface area contributed by atoms with Crippen LogP contribution in [0.25, 0.3) is 0 Å². The molecule has 2 rings (SSSR count). The van der Waals surface area contributed by atoms with Crippen LogP contribution >= 0.6 is 50.2 Å². The number of thiophene rings is 1. The van der Waals surface area contributed by atoms with E-state index in [2.05, 4.69) is 31.6 Å². The molecule has 86 valence electrons. The monoisotopic (exact) mass is 336 g/mol. The van der Waals surface area contributed by atoms with E-state index in [1.54, 1.807) is 22.7 Å². The first kappa shape index (κ1) is 12.5. The van der Waals surface area contributed by atoms with Crippen molar-refractivity contribution in [3.63, 3.8) is 0 Å². The molecule has 2 heterocycles. The number of halogens is 2. The smallest absolute Gasteiger partial charge is 0.107 e. The van der Waals surface area contributed by atoms with E-state index in [4.69, 9.17) is 11.6 Å². The normalized spacial score (nSPS) is 10.9. The summed E-state index contributed by atoms with van der Waals surface area (Å²) in [5.41, 5.74) is 1.10. The van der Waals surface area contributed by atoms with Crippen molar-refractivity contribution in [2.75, 3.05) is 0 Å². The first-order valence-electron chi connectivity index (χ1n) is 4.70. The van der Waals surface area contributed by atoms with E-state index in [1.165, 1.54) is 4.88 Å². The summed E-state index contributed by atoms with van der Waals surface area (Å²) in [6.07, 6.45) is 0. The van der Waals surface area contributed by atoms with Crippen LogP contribution in [0.4, 0.5) is 0 Å². The fourth-order valence-corrected chi connectivity index (χ4v) is 3.65. The largest absolute Gasteiger partial charge is 0.306 e. The minimum absolute atomic E-state index is 0.803. The van der Waals surface area contributed by atoms with E-state index < -0.39 is 0 Å². The Hall–Kier alpha value is 0.0600. The first-order valence-corrected chi connectivity index (χ1v) is 7.57. The van der Waals surface area contributed by atoms with Gasteiger partial charge in [-0.25, -0.2) is 4.98 Å². The maximum atomic E-state index is 5.96. The molecular formula is C10H10BrClN2S2. The van der Waals surface area contributed by atoms with Crippen molar-refractivity contribution in [3.8, 4) is 0 Å². The van der Waals surface area contributed by atoms with Gasteiger partial charge in [0.25, 0.3) is 0 Å². The lowest BCUT2D eigenvalue weighted by Crippen LogP contribution is -2.11. The van der Waals surface area contributed by atoms with Gasteiger partial charge in [-0.1, -0.05) is 11.6 Å². The van der Waals surface area contributed by atoms with Gasteiger partial charge < -0.3 is 5.32 Å². The number of thiazole rings is 1. The molecule has 0 atom stereocenters. The molecule has 1 N–H and O–H groups in total. The predicted molar refractivity (Wildman–Crippen MR) is 74.4 cm³/mol. The van der Waals surface area contributed by atoms with Gasteiger partial charge in [-0.2, -0.15) is 0 Å². The Morgan fingerprint density at radius 3 is 2.88 bits per heavy atom. The Morgan fingerprint density at radius 2 is 2.31 bits per heavy atom. The van der Waals surface area contributed by atoms with Crippen LogP contribution in [0.5, 0.6) is 0 Å². The molecule has 0 saturated heterocycles. The van der Waals surface area contributed by atoms with Crippen molar-refractivity contribution < 1.29 is 0 Å². The fourth-order valence-electron chi connectivity index (χ4n) is 1.28. The zero-order chi connectivity index (χ0) is 11.5. The van der Waals surface area contributed by atoms with E-state index in [9.17, 15) is 0 Å². The first-order chi connectivity index (χ1) is 7.65. The SMILES string of the molecule is Cc1nc(CNCc2cc(Br)c(Cl)s2)cs1. The van der Waals surface area contributed by atoms with Gasteiger partial charge in [0.15, 0.2) is 0 Å². The van der Waals surface area contributed by atoms with Gasteiger partial charge in [-0.05, 0) is 28.9 Å². The van der Waals surface area contributed by atoms with E-state index in [1.807, 2.05) is 13.0 Å². The molecule has 0 aromatic carbocycles. The maximum Gasteiger partial charge on any atom is 0.107 e. The summed E-state index contributed by atoms with van der Waals surface area (Å²) < 4.78 is 1.78. The average Bonchev–Trinajstić information content (AvgIpc) is 2.75. The lowest BCUT2D eigenvalue weighted by Gasteiger charge is -1.99. The molecule has 2 nitrogen and oxygen atoms in total. The lowest BCUT2D eigenvalue weighted by molar-refractivity contribution is 0.688. The average molecular weight is 338 g/mol. The van der Waals surface area contributed by atoms with Gasteiger partial charge in [-0.15, -0.1) is 22.7 Å². The second kappa shape index (κ2) is 5.60. The molecule has 2 aromatic rings. The molecule has 0 unspecified atom stereocenters. The minimum atomic E-state index is 0.803. The Kier molecular flexibility index (Phi) is 4.38. The molecule has 0 saturated carbocycles. The predicted octanol–water partition coefficient (Wildman–Crippen LogP) is 4.22. The zero-order valence-electron chi connectivity index (χ0n) is 8.59. The van der Waals surface area contributed by atoms with Gasteiger partial charge in [0.1, 0.15) is 4.34 Å². The molecular weight excluding hydrogens is 328 g/mol. The molecule has 0 aliphatic carbocycles. The Balaban J connectivity index is 1.84. The third-order valence-electron chi connectivity index (χ3n) is 1.97. The summed E-state index contributed by atoms with van der Waals surface area (Å²) in [7, 11) is 0. The van der Waals surface area contributed by atoms with Gasteiger partial charge in [-0.3, -0.25) is 0 Å². The van der Waals surface area contributed by atoms with Crippen LogP contribution in [-0.4, -0.2) is 4.98 Å². The van der Waals surface area contributed by atoms with E-state index >= 15 is 0 Å². The molecule has 6 heteroatoms. The highest BCUT2D eigenvalue weighted by Crippen LogP contribution is 2.31. The molecule has 0 aliphatic rings. The lowest BCUT2D eigenvalue weighted by atomic mass is 10.4. The van der Waals surface area contributed by atoms with Crippen LogP contribution in [0.3, 0.4) is 0 Å². The van der Waals surface area contributed by atoms with Gasteiger partial charge in [0, 0.05) is 27.8 Å². The molecule has 0 radical (unpaired) electrons. The fraction of sp³-hybridized carbons (Fsp3) is 0.300. The number of nitrogens with one attached hydrogen (secondary N) is 1. The second-order valence-electron chi connectivity index (χ2n) is 3.30. The van der Waals surface area contributed by atoms with Crippen LogP contribution in [0.15, 0.2) is 15.9 Å². The molecule has 2 aromatic heterocycles. The number of rotatable bonds is 4. The van der Waals surface area contributed by atoms with Crippen molar-refractivity contribution in [2.24, 2.45) is 0 Å². The minimum Gasteiger partial charge on any atom is -0.306 e. The molecule has 0 spiro atoms. The van der Waals surface area contributed by atoms with Crippen molar-refractivity contribution >= 4 is 50.2 Å². The summed E-state index contributed by atoms with van der Waals surface area (Å²) in [6, 6.07) is 2.05. The zero-order valence-corrected chi connectivity index (χ0v) is 12.6.